The van der Waals surface area contributed by atoms with Gasteiger partial charge < -0.3 is 0 Å². The minimum absolute atomic E-state index is 0.778. The molecule has 1 aromatic carbocycles. The molecule has 0 atom stereocenters. The molecule has 1 aromatic heterocycles. The van der Waals surface area contributed by atoms with Crippen molar-refractivity contribution in [3.05, 3.63) is 24.3 Å². The first kappa shape index (κ1) is 6.22. The Labute approximate surface area is 64.4 Å². The van der Waals surface area contributed by atoms with Crippen molar-refractivity contribution in [2.45, 2.75) is 0 Å². The predicted octanol–water partition coefficient (Wildman–Crippen LogP) is 0.575. The summed E-state index contributed by atoms with van der Waals surface area (Å²) in [5, 5.41) is 4.20. The normalized spacial score (nSPS) is 10.6. The van der Waals surface area contributed by atoms with Gasteiger partial charge in [0.25, 0.3) is 5.82 Å². The topological polar surface area (TPSA) is 45.7 Å². The molecular formula is C8H10N3+. The van der Waals surface area contributed by atoms with Crippen LogP contribution in [0.15, 0.2) is 24.3 Å². The van der Waals surface area contributed by atoms with Crippen molar-refractivity contribution in [3.63, 3.8) is 0 Å². The molecule has 0 saturated carbocycles. The highest BCUT2D eigenvalue weighted by atomic mass is 15.3. The Kier molecular flexibility index (Phi) is 1.12. The number of aromatic amines is 1. The molecule has 3 N–H and O–H groups in total. The van der Waals surface area contributed by atoms with Gasteiger partial charge in [0, 0.05) is 0 Å². The molecule has 0 amide bonds. The Morgan fingerprint density at radius 1 is 1.36 bits per heavy atom. The molecule has 0 spiro atoms. The van der Waals surface area contributed by atoms with E-state index in [1.54, 1.807) is 0 Å². The van der Waals surface area contributed by atoms with E-state index in [2.05, 4.69) is 5.10 Å². The second kappa shape index (κ2) is 1.99. The van der Waals surface area contributed by atoms with E-state index in [1.165, 1.54) is 0 Å². The van der Waals surface area contributed by atoms with E-state index in [-0.39, 0.29) is 0 Å². The zero-order valence-electron chi connectivity index (χ0n) is 6.33. The molecule has 0 saturated heterocycles. The van der Waals surface area contributed by atoms with Crippen molar-refractivity contribution >= 4 is 16.7 Å². The second-order valence-electron chi connectivity index (χ2n) is 2.60. The largest absolute Gasteiger partial charge is 0.300 e. The average Bonchev–Trinajstić information content (AvgIpc) is 2.30. The monoisotopic (exact) mass is 148 g/mol. The van der Waals surface area contributed by atoms with Crippen LogP contribution < -0.4 is 10.4 Å². The van der Waals surface area contributed by atoms with Crippen molar-refractivity contribution in [2.75, 3.05) is 5.73 Å². The summed E-state index contributed by atoms with van der Waals surface area (Å²) < 4.78 is 1.81. The summed E-state index contributed by atoms with van der Waals surface area (Å²) in [6.45, 7) is 0. The third kappa shape index (κ3) is 0.774. The van der Waals surface area contributed by atoms with Crippen LogP contribution >= 0.6 is 0 Å². The molecule has 0 unspecified atom stereocenters. The predicted molar refractivity (Wildman–Crippen MR) is 43.9 cm³/mol. The van der Waals surface area contributed by atoms with Crippen LogP contribution in [0.5, 0.6) is 0 Å². The number of nitrogens with one attached hydrogen (secondary N) is 1. The lowest BCUT2D eigenvalue weighted by Gasteiger charge is -1.81. The average molecular weight is 148 g/mol. The van der Waals surface area contributed by atoms with Crippen molar-refractivity contribution < 1.29 is 4.68 Å². The maximum Gasteiger partial charge on any atom is 0.300 e. The van der Waals surface area contributed by atoms with Crippen LogP contribution in [0.3, 0.4) is 0 Å². The molecule has 2 aromatic rings. The molecular weight excluding hydrogens is 138 g/mol. The third-order valence-electron chi connectivity index (χ3n) is 1.85. The molecule has 1 heterocycles. The van der Waals surface area contributed by atoms with Crippen LogP contribution in [-0.4, -0.2) is 5.10 Å². The Bertz CT molecular complexity index is 389. The minimum atomic E-state index is 0.778. The van der Waals surface area contributed by atoms with Crippen molar-refractivity contribution in [2.24, 2.45) is 7.05 Å². The highest BCUT2D eigenvalue weighted by Gasteiger charge is 2.07. The van der Waals surface area contributed by atoms with Crippen LogP contribution in [0.2, 0.25) is 0 Å². The standard InChI is InChI=1S/C8H9N3/c1-11-8(9)6-4-2-3-5-7(6)10-11/h2-5H,1H3,(H2,9,10)/p+1. The quantitative estimate of drug-likeness (QED) is 0.527. The summed E-state index contributed by atoms with van der Waals surface area (Å²) in [5.74, 6) is 0.778. The van der Waals surface area contributed by atoms with Crippen LogP contribution in [0.1, 0.15) is 0 Å². The number of aryl methyl sites for hydroxylation is 1. The lowest BCUT2D eigenvalue weighted by molar-refractivity contribution is -0.711. The van der Waals surface area contributed by atoms with Crippen molar-refractivity contribution in [1.29, 1.82) is 0 Å². The molecule has 11 heavy (non-hydrogen) atoms. The van der Waals surface area contributed by atoms with Gasteiger partial charge in [0.05, 0.1) is 10.9 Å². The summed E-state index contributed by atoms with van der Waals surface area (Å²) >= 11 is 0. The highest BCUT2D eigenvalue weighted by Crippen LogP contribution is 2.13. The lowest BCUT2D eigenvalue weighted by Crippen LogP contribution is -2.32. The molecule has 0 aliphatic heterocycles. The summed E-state index contributed by atoms with van der Waals surface area (Å²) in [6.07, 6.45) is 0. The molecule has 56 valence electrons. The van der Waals surface area contributed by atoms with Gasteiger partial charge in [-0.1, -0.05) is 12.1 Å². The second-order valence-corrected chi connectivity index (χ2v) is 2.60. The molecule has 0 fully saturated rings. The highest BCUT2D eigenvalue weighted by molar-refractivity contribution is 5.86. The fraction of sp³-hybridized carbons (Fsp3) is 0.125. The van der Waals surface area contributed by atoms with E-state index >= 15 is 0 Å². The number of rotatable bonds is 0. The zero-order chi connectivity index (χ0) is 7.84. The van der Waals surface area contributed by atoms with E-state index in [0.29, 0.717) is 0 Å². The van der Waals surface area contributed by atoms with Gasteiger partial charge in [0.15, 0.2) is 0 Å². The van der Waals surface area contributed by atoms with Gasteiger partial charge in [-0.15, -0.1) is 0 Å². The Hall–Kier alpha value is -1.51. The zero-order valence-corrected chi connectivity index (χ0v) is 6.33. The maximum absolute atomic E-state index is 5.77. The molecule has 0 radical (unpaired) electrons. The smallest absolute Gasteiger partial charge is 0.285 e. The van der Waals surface area contributed by atoms with Gasteiger partial charge in [-0.2, -0.15) is 4.68 Å². The summed E-state index contributed by atoms with van der Waals surface area (Å²) in [5.41, 5.74) is 6.85. The first-order valence-corrected chi connectivity index (χ1v) is 3.51. The molecule has 0 aliphatic carbocycles. The van der Waals surface area contributed by atoms with E-state index in [4.69, 9.17) is 5.73 Å². The number of hydrogen-bond donors (Lipinski definition) is 2. The van der Waals surface area contributed by atoms with E-state index in [0.717, 1.165) is 16.7 Å². The number of para-hydroxylation sites is 1. The van der Waals surface area contributed by atoms with Gasteiger partial charge >= 0.3 is 0 Å². The van der Waals surface area contributed by atoms with Crippen LogP contribution in [0, 0.1) is 0 Å². The van der Waals surface area contributed by atoms with Gasteiger partial charge in [-0.05, 0) is 12.1 Å². The Morgan fingerprint density at radius 3 is 2.82 bits per heavy atom. The molecule has 0 bridgehead atoms. The number of H-pyrrole nitrogens is 1. The first-order valence-electron chi connectivity index (χ1n) is 3.51. The van der Waals surface area contributed by atoms with E-state index < -0.39 is 0 Å². The van der Waals surface area contributed by atoms with Crippen molar-refractivity contribution in [1.82, 2.24) is 5.10 Å². The fourth-order valence-electron chi connectivity index (χ4n) is 1.23. The number of aromatic nitrogens is 2. The number of fused-ring (bicyclic) bond motifs is 1. The molecule has 0 aliphatic rings. The lowest BCUT2D eigenvalue weighted by atomic mass is 10.2. The number of nitrogens with zero attached hydrogens (tertiary/aromatic N) is 1. The SMILES string of the molecule is C[n+]1[nH]c2ccccc2c1N. The van der Waals surface area contributed by atoms with Crippen LogP contribution in [0.25, 0.3) is 10.9 Å². The van der Waals surface area contributed by atoms with Crippen LogP contribution in [0.4, 0.5) is 5.82 Å². The van der Waals surface area contributed by atoms with E-state index in [1.807, 2.05) is 36.0 Å². The minimum Gasteiger partial charge on any atom is -0.285 e. The maximum atomic E-state index is 5.77. The third-order valence-corrected chi connectivity index (χ3v) is 1.85. The molecule has 2 rings (SSSR count). The summed E-state index contributed by atoms with van der Waals surface area (Å²) in [7, 11) is 1.90. The van der Waals surface area contributed by atoms with Crippen molar-refractivity contribution in [3.8, 4) is 0 Å². The molecule has 3 nitrogen and oxygen atoms in total. The van der Waals surface area contributed by atoms with Gasteiger partial charge in [0.1, 0.15) is 7.05 Å². The van der Waals surface area contributed by atoms with E-state index in [9.17, 15) is 0 Å². The van der Waals surface area contributed by atoms with Gasteiger partial charge in [-0.3, -0.25) is 5.73 Å². The van der Waals surface area contributed by atoms with Gasteiger partial charge in [0.2, 0.25) is 0 Å². The fourth-order valence-corrected chi connectivity index (χ4v) is 1.23. The number of hydrogen-bond acceptors (Lipinski definition) is 1. The molecule has 3 heteroatoms. The number of anilines is 1. The number of nitrogen functional groups attached to an aromatic ring is 1. The Balaban J connectivity index is 2.92. The van der Waals surface area contributed by atoms with Crippen LogP contribution in [-0.2, 0) is 7.05 Å². The van der Waals surface area contributed by atoms with Gasteiger partial charge in [-0.25, -0.2) is 5.10 Å². The summed E-state index contributed by atoms with van der Waals surface area (Å²) in [6, 6.07) is 7.97. The first-order chi connectivity index (χ1) is 5.29. The Morgan fingerprint density at radius 2 is 2.09 bits per heavy atom. The number of benzene rings is 1. The number of nitrogens with two attached hydrogens (primary N) is 1. The summed E-state index contributed by atoms with van der Waals surface area (Å²) in [4.78, 5) is 0.